The van der Waals surface area contributed by atoms with Crippen LogP contribution in [0.15, 0.2) is 16.7 Å². The van der Waals surface area contributed by atoms with Gasteiger partial charge in [-0.3, -0.25) is 4.79 Å². The molecule has 8 heteroatoms. The SMILES string of the molecule is CCc1oc(C(=O)NC[C@@H]2CCc3nc(C(F)(F)F)cn3C2)cc1C. The number of rotatable bonds is 4. The maximum Gasteiger partial charge on any atom is 0.434 e. The van der Waals surface area contributed by atoms with Crippen LogP contribution in [0.3, 0.4) is 0 Å². The van der Waals surface area contributed by atoms with E-state index in [0.29, 0.717) is 38.2 Å². The van der Waals surface area contributed by atoms with E-state index in [2.05, 4.69) is 10.3 Å². The standard InChI is InChI=1S/C17H20F3N3O2/c1-3-12-10(2)6-13(25-12)16(24)21-7-11-4-5-15-22-14(17(18,19)20)9-23(15)8-11/h6,9,11H,3-5,7-8H2,1-2H3,(H,21,24)/t11-/m0/s1. The first-order chi connectivity index (χ1) is 11.8. The van der Waals surface area contributed by atoms with E-state index < -0.39 is 11.9 Å². The third-order valence-electron chi connectivity index (χ3n) is 4.50. The lowest BCUT2D eigenvalue weighted by Gasteiger charge is -2.23. The molecule has 0 aromatic carbocycles. The Bertz CT molecular complexity index is 777. The Morgan fingerprint density at radius 1 is 1.48 bits per heavy atom. The number of aromatic nitrogens is 2. The van der Waals surface area contributed by atoms with Crippen LogP contribution in [0.5, 0.6) is 0 Å². The second kappa shape index (κ2) is 6.57. The number of carbonyl (C=O) groups excluding carboxylic acids is 1. The van der Waals surface area contributed by atoms with Crippen LogP contribution in [0, 0.1) is 12.8 Å². The first-order valence-electron chi connectivity index (χ1n) is 8.28. The summed E-state index contributed by atoms with van der Waals surface area (Å²) in [6.45, 7) is 4.64. The van der Waals surface area contributed by atoms with Gasteiger partial charge in [0.25, 0.3) is 5.91 Å². The highest BCUT2D eigenvalue weighted by molar-refractivity contribution is 5.91. The second-order valence-corrected chi connectivity index (χ2v) is 6.38. The molecule has 0 saturated carbocycles. The highest BCUT2D eigenvalue weighted by Crippen LogP contribution is 2.30. The maximum atomic E-state index is 12.7. The highest BCUT2D eigenvalue weighted by Gasteiger charge is 2.35. The number of hydrogen-bond donors (Lipinski definition) is 1. The minimum absolute atomic E-state index is 0.0634. The van der Waals surface area contributed by atoms with E-state index in [4.69, 9.17) is 4.42 Å². The predicted molar refractivity (Wildman–Crippen MR) is 84.2 cm³/mol. The summed E-state index contributed by atoms with van der Waals surface area (Å²) in [7, 11) is 0. The van der Waals surface area contributed by atoms with Gasteiger partial charge < -0.3 is 14.3 Å². The lowest BCUT2D eigenvalue weighted by atomic mass is 9.99. The zero-order chi connectivity index (χ0) is 18.2. The van der Waals surface area contributed by atoms with Crippen LogP contribution in [0.4, 0.5) is 13.2 Å². The summed E-state index contributed by atoms with van der Waals surface area (Å²) in [5, 5.41) is 2.81. The third-order valence-corrected chi connectivity index (χ3v) is 4.50. The molecule has 0 fully saturated rings. The fourth-order valence-corrected chi connectivity index (χ4v) is 3.12. The summed E-state index contributed by atoms with van der Waals surface area (Å²) in [5.41, 5.74) is 0.0818. The number of fused-ring (bicyclic) bond motifs is 1. The molecule has 136 valence electrons. The number of nitrogens with zero attached hydrogens (tertiary/aromatic N) is 2. The molecular formula is C17H20F3N3O2. The second-order valence-electron chi connectivity index (χ2n) is 6.38. The van der Waals surface area contributed by atoms with Crippen molar-refractivity contribution < 1.29 is 22.4 Å². The van der Waals surface area contributed by atoms with E-state index in [-0.39, 0.29) is 17.6 Å². The van der Waals surface area contributed by atoms with Gasteiger partial charge >= 0.3 is 6.18 Å². The van der Waals surface area contributed by atoms with Crippen molar-refractivity contribution in [2.24, 2.45) is 5.92 Å². The van der Waals surface area contributed by atoms with Crippen LogP contribution in [0.25, 0.3) is 0 Å². The van der Waals surface area contributed by atoms with Gasteiger partial charge in [-0.15, -0.1) is 0 Å². The van der Waals surface area contributed by atoms with E-state index in [1.807, 2.05) is 13.8 Å². The van der Waals surface area contributed by atoms with Crippen molar-refractivity contribution in [1.29, 1.82) is 0 Å². The molecular weight excluding hydrogens is 335 g/mol. The zero-order valence-corrected chi connectivity index (χ0v) is 14.1. The molecule has 0 spiro atoms. The minimum atomic E-state index is -4.43. The molecule has 3 rings (SSSR count). The van der Waals surface area contributed by atoms with Gasteiger partial charge in [-0.05, 0) is 30.9 Å². The molecule has 0 unspecified atom stereocenters. The van der Waals surface area contributed by atoms with Gasteiger partial charge in [0.15, 0.2) is 11.5 Å². The Balaban J connectivity index is 1.59. The largest absolute Gasteiger partial charge is 0.456 e. The number of aryl methyl sites for hydroxylation is 3. The monoisotopic (exact) mass is 355 g/mol. The van der Waals surface area contributed by atoms with Gasteiger partial charge in [0, 0.05) is 32.1 Å². The molecule has 2 aromatic rings. The highest BCUT2D eigenvalue weighted by atomic mass is 19.4. The van der Waals surface area contributed by atoms with Gasteiger partial charge in [0.2, 0.25) is 0 Å². The molecule has 0 aliphatic carbocycles. The first-order valence-corrected chi connectivity index (χ1v) is 8.28. The topological polar surface area (TPSA) is 60.1 Å². The zero-order valence-electron chi connectivity index (χ0n) is 14.1. The molecule has 1 aliphatic rings. The minimum Gasteiger partial charge on any atom is -0.456 e. The molecule has 0 saturated heterocycles. The van der Waals surface area contributed by atoms with E-state index >= 15 is 0 Å². The van der Waals surface area contributed by atoms with Gasteiger partial charge in [0.1, 0.15) is 11.6 Å². The Labute approximate surface area is 143 Å². The number of halogens is 3. The van der Waals surface area contributed by atoms with Crippen molar-refractivity contribution in [3.63, 3.8) is 0 Å². The summed E-state index contributed by atoms with van der Waals surface area (Å²) >= 11 is 0. The fraction of sp³-hybridized carbons (Fsp3) is 0.529. The van der Waals surface area contributed by atoms with E-state index in [0.717, 1.165) is 17.5 Å². The van der Waals surface area contributed by atoms with Gasteiger partial charge in [-0.1, -0.05) is 6.92 Å². The number of nitrogens with one attached hydrogen (secondary N) is 1. The molecule has 1 amide bonds. The number of carbonyl (C=O) groups is 1. The molecule has 1 atom stereocenters. The van der Waals surface area contributed by atoms with E-state index in [1.165, 1.54) is 4.57 Å². The van der Waals surface area contributed by atoms with Crippen molar-refractivity contribution >= 4 is 5.91 Å². The average Bonchev–Trinajstić information content (AvgIpc) is 3.15. The van der Waals surface area contributed by atoms with Crippen LogP contribution in [-0.4, -0.2) is 22.0 Å². The summed E-state index contributed by atoms with van der Waals surface area (Å²) in [6.07, 6.45) is -1.51. The first kappa shape index (κ1) is 17.6. The van der Waals surface area contributed by atoms with Crippen LogP contribution in [-0.2, 0) is 25.6 Å². The molecule has 1 N–H and O–H groups in total. The molecule has 0 bridgehead atoms. The number of alkyl halides is 3. The van der Waals surface area contributed by atoms with Crippen molar-refractivity contribution in [1.82, 2.24) is 14.9 Å². The van der Waals surface area contributed by atoms with Crippen LogP contribution >= 0.6 is 0 Å². The van der Waals surface area contributed by atoms with Crippen LogP contribution in [0.2, 0.25) is 0 Å². The fourth-order valence-electron chi connectivity index (χ4n) is 3.12. The van der Waals surface area contributed by atoms with Crippen LogP contribution < -0.4 is 5.32 Å². The lowest BCUT2D eigenvalue weighted by molar-refractivity contribution is -0.141. The Kier molecular flexibility index (Phi) is 4.62. The molecule has 3 heterocycles. The number of hydrogen-bond acceptors (Lipinski definition) is 3. The Morgan fingerprint density at radius 3 is 2.88 bits per heavy atom. The predicted octanol–water partition coefficient (Wildman–Crippen LogP) is 3.36. The normalized spacial score (nSPS) is 17.4. The van der Waals surface area contributed by atoms with Crippen molar-refractivity contribution in [3.05, 3.63) is 40.9 Å². The lowest BCUT2D eigenvalue weighted by Crippen LogP contribution is -2.33. The molecule has 25 heavy (non-hydrogen) atoms. The smallest absolute Gasteiger partial charge is 0.434 e. The molecule has 0 radical (unpaired) electrons. The number of amides is 1. The maximum absolute atomic E-state index is 12.7. The molecule has 5 nitrogen and oxygen atoms in total. The summed E-state index contributed by atoms with van der Waals surface area (Å²) < 4.78 is 45.2. The summed E-state index contributed by atoms with van der Waals surface area (Å²) in [6, 6.07) is 1.71. The Morgan fingerprint density at radius 2 is 2.24 bits per heavy atom. The molecule has 2 aromatic heterocycles. The summed E-state index contributed by atoms with van der Waals surface area (Å²) in [5.74, 6) is 1.27. The van der Waals surface area contributed by atoms with E-state index in [9.17, 15) is 18.0 Å². The van der Waals surface area contributed by atoms with Gasteiger partial charge in [-0.25, -0.2) is 4.98 Å². The average molecular weight is 355 g/mol. The van der Waals surface area contributed by atoms with Crippen molar-refractivity contribution in [2.75, 3.05) is 6.54 Å². The third kappa shape index (κ3) is 3.72. The number of furan rings is 1. The number of imidazole rings is 1. The van der Waals surface area contributed by atoms with Gasteiger partial charge in [0.05, 0.1) is 0 Å². The summed E-state index contributed by atoms with van der Waals surface area (Å²) in [4.78, 5) is 15.8. The molecule has 1 aliphatic heterocycles. The van der Waals surface area contributed by atoms with E-state index in [1.54, 1.807) is 6.07 Å². The van der Waals surface area contributed by atoms with Crippen LogP contribution in [0.1, 0.15) is 46.7 Å². The quantitative estimate of drug-likeness (QED) is 0.915. The van der Waals surface area contributed by atoms with Crippen molar-refractivity contribution in [3.8, 4) is 0 Å². The van der Waals surface area contributed by atoms with Gasteiger partial charge in [-0.2, -0.15) is 13.2 Å². The Hall–Kier alpha value is -2.25. The van der Waals surface area contributed by atoms with Crippen molar-refractivity contribution in [2.45, 2.75) is 45.8 Å².